The van der Waals surface area contributed by atoms with Crippen molar-refractivity contribution in [2.24, 2.45) is 0 Å². The number of phosphoric ester groups is 1. The lowest BCUT2D eigenvalue weighted by atomic mass is 10.1. The minimum Gasteiger partial charge on any atom is -0.756 e. The van der Waals surface area contributed by atoms with E-state index in [2.05, 4.69) is 98.9 Å². The minimum absolute atomic E-state index is 0.0130. The van der Waals surface area contributed by atoms with Gasteiger partial charge in [-0.1, -0.05) is 137 Å². The van der Waals surface area contributed by atoms with Gasteiger partial charge in [0.15, 0.2) is 0 Å². The Labute approximate surface area is 337 Å². The number of carbonyl (C=O) groups is 1. The van der Waals surface area contributed by atoms with E-state index < -0.39 is 13.9 Å². The van der Waals surface area contributed by atoms with Gasteiger partial charge in [0.2, 0.25) is 0 Å². The predicted octanol–water partition coefficient (Wildman–Crippen LogP) is 11.9. The minimum atomic E-state index is -4.54. The third-order valence-electron chi connectivity index (χ3n) is 8.44. The van der Waals surface area contributed by atoms with Crippen molar-refractivity contribution in [2.75, 3.05) is 54.1 Å². The van der Waals surface area contributed by atoms with E-state index in [0.29, 0.717) is 24.1 Å². The smallest absolute Gasteiger partial charge is 0.306 e. The average Bonchev–Trinajstić information content (AvgIpc) is 3.13. The van der Waals surface area contributed by atoms with E-state index >= 15 is 0 Å². The van der Waals surface area contributed by atoms with Gasteiger partial charge in [-0.2, -0.15) is 0 Å². The lowest BCUT2D eigenvalue weighted by Gasteiger charge is -2.28. The molecule has 0 fully saturated rings. The van der Waals surface area contributed by atoms with E-state index in [0.717, 1.165) is 89.9 Å². The Hall–Kier alpha value is -2.32. The molecule has 0 N–H and O–H groups in total. The van der Waals surface area contributed by atoms with Crippen LogP contribution in [0.4, 0.5) is 0 Å². The van der Waals surface area contributed by atoms with Crippen LogP contribution in [0.1, 0.15) is 142 Å². The molecular formula is C46H80NO7P. The van der Waals surface area contributed by atoms with Gasteiger partial charge in [-0.25, -0.2) is 0 Å². The molecule has 0 heterocycles. The first-order chi connectivity index (χ1) is 26.6. The molecule has 0 aliphatic rings. The number of hydrogen-bond donors (Lipinski definition) is 0. The van der Waals surface area contributed by atoms with Crippen LogP contribution in [0.25, 0.3) is 0 Å². The number of carbonyl (C=O) groups excluding carboxylic acids is 1. The number of hydrogen-bond acceptors (Lipinski definition) is 7. The Bertz CT molecular complexity index is 1150. The molecule has 0 radical (unpaired) electrons. The summed E-state index contributed by atoms with van der Waals surface area (Å²) in [4.78, 5) is 25.0. The average molecular weight is 790 g/mol. The van der Waals surface area contributed by atoms with Crippen molar-refractivity contribution in [3.8, 4) is 0 Å². The highest BCUT2D eigenvalue weighted by Gasteiger charge is 2.20. The molecule has 55 heavy (non-hydrogen) atoms. The summed E-state index contributed by atoms with van der Waals surface area (Å²) in [5.74, 6) is -0.372. The molecule has 0 aromatic heterocycles. The Balaban J connectivity index is 4.30. The summed E-state index contributed by atoms with van der Waals surface area (Å²) in [5.41, 5.74) is 0. The van der Waals surface area contributed by atoms with Crippen molar-refractivity contribution < 1.29 is 37.3 Å². The second kappa shape index (κ2) is 38.5. The van der Waals surface area contributed by atoms with Crippen molar-refractivity contribution in [2.45, 2.75) is 148 Å². The van der Waals surface area contributed by atoms with Gasteiger partial charge < -0.3 is 27.9 Å². The number of ether oxygens (including phenoxy) is 2. The molecule has 0 bridgehead atoms. The van der Waals surface area contributed by atoms with Crippen molar-refractivity contribution in [1.82, 2.24) is 0 Å². The largest absolute Gasteiger partial charge is 0.756 e. The first kappa shape index (κ1) is 52.7. The monoisotopic (exact) mass is 790 g/mol. The summed E-state index contributed by atoms with van der Waals surface area (Å²) < 4.78 is 34.5. The molecule has 8 nitrogen and oxygen atoms in total. The molecule has 0 aromatic carbocycles. The molecule has 316 valence electrons. The molecular weight excluding hydrogens is 709 g/mol. The summed E-state index contributed by atoms with van der Waals surface area (Å²) in [5, 5.41) is 0. The molecule has 0 spiro atoms. The molecule has 0 aliphatic heterocycles. The second-order valence-corrected chi connectivity index (χ2v) is 16.3. The zero-order valence-corrected chi connectivity index (χ0v) is 36.5. The van der Waals surface area contributed by atoms with Crippen LogP contribution in [-0.4, -0.2) is 70.7 Å². The van der Waals surface area contributed by atoms with Gasteiger partial charge in [-0.05, 0) is 83.5 Å². The van der Waals surface area contributed by atoms with Crippen LogP contribution in [0, 0.1) is 0 Å². The third-order valence-corrected chi connectivity index (χ3v) is 9.41. The normalized spacial score (nSPS) is 14.7. The number of unbranched alkanes of at least 4 members (excludes halogenated alkanes) is 10. The van der Waals surface area contributed by atoms with Crippen LogP contribution in [0.3, 0.4) is 0 Å². The van der Waals surface area contributed by atoms with Gasteiger partial charge in [0, 0.05) is 13.0 Å². The van der Waals surface area contributed by atoms with Crippen LogP contribution >= 0.6 is 7.82 Å². The molecule has 0 aromatic rings. The lowest BCUT2D eigenvalue weighted by Crippen LogP contribution is -2.37. The number of esters is 1. The van der Waals surface area contributed by atoms with Crippen molar-refractivity contribution in [3.63, 3.8) is 0 Å². The van der Waals surface area contributed by atoms with Crippen LogP contribution < -0.4 is 4.89 Å². The summed E-state index contributed by atoms with van der Waals surface area (Å²) in [7, 11) is 1.31. The van der Waals surface area contributed by atoms with E-state index in [9.17, 15) is 14.3 Å². The SMILES string of the molecule is CC/C=C\C/C=C\C/C=C\C/C=C\CCCCCCCCCOCC(COP(=O)([O-])OCC[N+](C)(C)C)OC(=O)CCCCC/C=C\C/C=C\C/C=C\CC. The zero-order valence-electron chi connectivity index (χ0n) is 35.6. The van der Waals surface area contributed by atoms with E-state index in [4.69, 9.17) is 18.5 Å². The highest BCUT2D eigenvalue weighted by Crippen LogP contribution is 2.38. The van der Waals surface area contributed by atoms with Crippen LogP contribution in [0.5, 0.6) is 0 Å². The van der Waals surface area contributed by atoms with Crippen molar-refractivity contribution >= 4 is 13.8 Å². The number of rotatable bonds is 38. The van der Waals surface area contributed by atoms with E-state index in [1.165, 1.54) is 25.7 Å². The Kier molecular flexibility index (Phi) is 36.9. The Morgan fingerprint density at radius 2 is 1.00 bits per heavy atom. The Morgan fingerprint density at radius 3 is 1.49 bits per heavy atom. The third kappa shape index (κ3) is 42.7. The maximum atomic E-state index is 12.6. The number of phosphoric acid groups is 1. The molecule has 0 aliphatic carbocycles. The molecule has 2 atom stereocenters. The van der Waals surface area contributed by atoms with Gasteiger partial charge in [0.25, 0.3) is 7.82 Å². The van der Waals surface area contributed by atoms with Gasteiger partial charge in [0.05, 0.1) is 34.4 Å². The number of allylic oxidation sites excluding steroid dienone is 14. The van der Waals surface area contributed by atoms with Crippen LogP contribution in [0.2, 0.25) is 0 Å². The summed E-state index contributed by atoms with van der Waals surface area (Å²) in [6.07, 6.45) is 50.3. The van der Waals surface area contributed by atoms with Crippen LogP contribution in [-0.2, 0) is 27.9 Å². The summed E-state index contributed by atoms with van der Waals surface area (Å²) in [6.45, 7) is 5.08. The van der Waals surface area contributed by atoms with Crippen molar-refractivity contribution in [3.05, 3.63) is 85.1 Å². The topological polar surface area (TPSA) is 94.1 Å². The Morgan fingerprint density at radius 1 is 0.564 bits per heavy atom. The second-order valence-electron chi connectivity index (χ2n) is 14.9. The van der Waals surface area contributed by atoms with Gasteiger partial charge in [-0.15, -0.1) is 0 Å². The van der Waals surface area contributed by atoms with Crippen LogP contribution in [0.15, 0.2) is 85.1 Å². The molecule has 0 saturated heterocycles. The maximum absolute atomic E-state index is 12.6. The zero-order chi connectivity index (χ0) is 40.6. The van der Waals surface area contributed by atoms with E-state index in [1.54, 1.807) is 0 Å². The number of quaternary nitrogens is 1. The summed E-state index contributed by atoms with van der Waals surface area (Å²) in [6, 6.07) is 0. The fourth-order valence-electron chi connectivity index (χ4n) is 5.20. The fourth-order valence-corrected chi connectivity index (χ4v) is 5.93. The van der Waals surface area contributed by atoms with Gasteiger partial charge >= 0.3 is 5.97 Å². The lowest BCUT2D eigenvalue weighted by molar-refractivity contribution is -0.870. The fraction of sp³-hybridized carbons (Fsp3) is 0.674. The number of nitrogens with zero attached hydrogens (tertiary/aromatic N) is 1. The first-order valence-corrected chi connectivity index (χ1v) is 22.8. The summed E-state index contributed by atoms with van der Waals surface area (Å²) >= 11 is 0. The molecule has 9 heteroatoms. The molecule has 2 unspecified atom stereocenters. The number of likely N-dealkylation sites (N-methyl/N-ethyl adjacent to an activating group) is 1. The highest BCUT2D eigenvalue weighted by molar-refractivity contribution is 7.45. The molecule has 0 rings (SSSR count). The van der Waals surface area contributed by atoms with E-state index in [1.807, 2.05) is 21.1 Å². The van der Waals surface area contributed by atoms with E-state index in [-0.39, 0.29) is 32.2 Å². The highest BCUT2D eigenvalue weighted by atomic mass is 31.2. The maximum Gasteiger partial charge on any atom is 0.306 e. The van der Waals surface area contributed by atoms with Gasteiger partial charge in [-0.3, -0.25) is 9.36 Å². The quantitative estimate of drug-likeness (QED) is 0.0202. The van der Waals surface area contributed by atoms with Crippen molar-refractivity contribution in [1.29, 1.82) is 0 Å². The molecule has 0 saturated carbocycles. The standard InChI is InChI=1S/C46H80NO7P/c1-6-8-10-12-14-16-18-20-21-22-23-24-25-26-28-30-32-34-36-38-41-51-43-45(44-53-55(49,50)52-42-40-47(3,4)5)54-46(48)39-37-35-33-31-29-27-19-17-15-13-11-9-7-2/h8-11,14-17,20-21,23-24,27,29,45H,6-7,12-13,18-19,22,25-26,28,30-44H2,1-5H3/b10-8-,11-9-,16-14-,17-15-,21-20-,24-23-,29-27-. The van der Waals surface area contributed by atoms with Gasteiger partial charge in [0.1, 0.15) is 19.3 Å². The predicted molar refractivity (Wildman–Crippen MR) is 231 cm³/mol. The first-order valence-electron chi connectivity index (χ1n) is 21.3. The molecule has 0 amide bonds.